The Morgan fingerprint density at radius 1 is 1.21 bits per heavy atom. The first-order valence-electron chi connectivity index (χ1n) is 6.07. The third-order valence-electron chi connectivity index (χ3n) is 2.49. The number of nitrogens with one attached hydrogen (secondary N) is 2. The zero-order chi connectivity index (χ0) is 14.3. The van der Waals surface area contributed by atoms with E-state index in [2.05, 4.69) is 17.6 Å². The second-order valence-electron chi connectivity index (χ2n) is 4.12. The Labute approximate surface area is 119 Å². The Hall–Kier alpha value is -1.18. The average molecular weight is 301 g/mol. The van der Waals surface area contributed by atoms with Crippen molar-refractivity contribution in [3.63, 3.8) is 0 Å². The third kappa shape index (κ3) is 6.00. The molecule has 1 aromatic rings. The molecule has 0 spiro atoms. The van der Waals surface area contributed by atoms with Gasteiger partial charge < -0.3 is 10.6 Å². The number of primary sulfonamides is 1. The van der Waals surface area contributed by atoms with Crippen LogP contribution in [0.4, 0.5) is 0 Å². The van der Waals surface area contributed by atoms with Gasteiger partial charge in [0.2, 0.25) is 10.0 Å². The summed E-state index contributed by atoms with van der Waals surface area (Å²) in [6.45, 7) is 3.63. The minimum Gasteiger partial charge on any atom is -0.363 e. The molecule has 106 valence electrons. The van der Waals surface area contributed by atoms with Crippen molar-refractivity contribution in [1.29, 1.82) is 0 Å². The van der Waals surface area contributed by atoms with E-state index in [4.69, 9.17) is 17.4 Å². The summed E-state index contributed by atoms with van der Waals surface area (Å²) in [6.07, 6.45) is 1.79. The summed E-state index contributed by atoms with van der Waals surface area (Å²) in [5.41, 5.74) is 1.03. The van der Waals surface area contributed by atoms with Gasteiger partial charge >= 0.3 is 0 Å². The largest absolute Gasteiger partial charge is 0.363 e. The van der Waals surface area contributed by atoms with Gasteiger partial charge in [0.1, 0.15) is 0 Å². The average Bonchev–Trinajstić information content (AvgIpc) is 2.36. The van der Waals surface area contributed by atoms with E-state index < -0.39 is 10.0 Å². The maximum atomic E-state index is 11.1. The van der Waals surface area contributed by atoms with Crippen molar-refractivity contribution in [1.82, 2.24) is 10.6 Å². The van der Waals surface area contributed by atoms with Crippen LogP contribution in [-0.4, -0.2) is 26.6 Å². The number of thiocarbonyl (C=S) groups is 1. The molecule has 0 aliphatic heterocycles. The first kappa shape index (κ1) is 15.9. The van der Waals surface area contributed by atoms with Gasteiger partial charge in [0.15, 0.2) is 5.11 Å². The van der Waals surface area contributed by atoms with Gasteiger partial charge in [-0.05, 0) is 42.8 Å². The molecule has 7 heteroatoms. The van der Waals surface area contributed by atoms with Crippen molar-refractivity contribution in [3.05, 3.63) is 29.8 Å². The van der Waals surface area contributed by atoms with Crippen LogP contribution < -0.4 is 15.8 Å². The lowest BCUT2D eigenvalue weighted by Crippen LogP contribution is -2.36. The second kappa shape index (κ2) is 7.42. The number of benzene rings is 1. The Bertz CT molecular complexity index is 512. The van der Waals surface area contributed by atoms with Gasteiger partial charge in [-0.1, -0.05) is 19.1 Å². The molecule has 0 aliphatic rings. The standard InChI is InChI=1S/C12H19N3O2S2/c1-2-8-14-12(18)15-9-7-10-3-5-11(6-4-10)19(13,16)17/h3-6H,2,7-9H2,1H3,(H2,13,16,17)(H2,14,15,18). The molecule has 0 fully saturated rings. The fraction of sp³-hybridized carbons (Fsp3) is 0.417. The smallest absolute Gasteiger partial charge is 0.238 e. The lowest BCUT2D eigenvalue weighted by atomic mass is 10.1. The lowest BCUT2D eigenvalue weighted by molar-refractivity contribution is 0.598. The highest BCUT2D eigenvalue weighted by molar-refractivity contribution is 7.89. The number of sulfonamides is 1. The van der Waals surface area contributed by atoms with Crippen molar-refractivity contribution in [3.8, 4) is 0 Å². The van der Waals surface area contributed by atoms with Gasteiger partial charge in [-0.15, -0.1) is 0 Å². The highest BCUT2D eigenvalue weighted by Crippen LogP contribution is 2.08. The van der Waals surface area contributed by atoms with Gasteiger partial charge in [-0.2, -0.15) is 0 Å². The molecule has 0 aliphatic carbocycles. The third-order valence-corrected chi connectivity index (χ3v) is 3.70. The van der Waals surface area contributed by atoms with Gasteiger partial charge in [-0.25, -0.2) is 13.6 Å². The van der Waals surface area contributed by atoms with Crippen LogP contribution in [0.2, 0.25) is 0 Å². The molecule has 0 atom stereocenters. The highest BCUT2D eigenvalue weighted by atomic mass is 32.2. The van der Waals surface area contributed by atoms with Crippen LogP contribution in [0.15, 0.2) is 29.2 Å². The molecule has 0 saturated carbocycles. The predicted octanol–water partition coefficient (Wildman–Crippen LogP) is 0.751. The van der Waals surface area contributed by atoms with Gasteiger partial charge in [0.05, 0.1) is 4.90 Å². The molecule has 0 amide bonds. The minimum absolute atomic E-state index is 0.129. The van der Waals surface area contributed by atoms with E-state index in [0.717, 1.165) is 24.9 Å². The molecule has 0 radical (unpaired) electrons. The molecule has 19 heavy (non-hydrogen) atoms. The normalized spacial score (nSPS) is 11.1. The number of nitrogens with two attached hydrogens (primary N) is 1. The van der Waals surface area contributed by atoms with E-state index in [-0.39, 0.29) is 4.90 Å². The number of hydrogen-bond acceptors (Lipinski definition) is 3. The summed E-state index contributed by atoms with van der Waals surface area (Å²) in [5, 5.41) is 11.8. The first-order valence-corrected chi connectivity index (χ1v) is 8.02. The molecule has 4 N–H and O–H groups in total. The monoisotopic (exact) mass is 301 g/mol. The highest BCUT2D eigenvalue weighted by Gasteiger charge is 2.06. The Balaban J connectivity index is 2.40. The molecule has 0 aromatic heterocycles. The molecular formula is C12H19N3O2S2. The SMILES string of the molecule is CCCNC(=S)NCCc1ccc(S(N)(=O)=O)cc1. The van der Waals surface area contributed by atoms with E-state index >= 15 is 0 Å². The summed E-state index contributed by atoms with van der Waals surface area (Å²) in [7, 11) is -3.61. The van der Waals surface area contributed by atoms with E-state index in [9.17, 15) is 8.42 Å². The Kier molecular flexibility index (Phi) is 6.20. The van der Waals surface area contributed by atoms with Crippen LogP contribution in [0, 0.1) is 0 Å². The van der Waals surface area contributed by atoms with Crippen LogP contribution in [0.5, 0.6) is 0 Å². The summed E-state index contributed by atoms with van der Waals surface area (Å²) in [6, 6.07) is 6.53. The van der Waals surface area contributed by atoms with E-state index in [1.165, 1.54) is 12.1 Å². The topological polar surface area (TPSA) is 84.2 Å². The summed E-state index contributed by atoms with van der Waals surface area (Å²) in [4.78, 5) is 0.129. The fourth-order valence-corrected chi connectivity index (χ4v) is 2.19. The maximum Gasteiger partial charge on any atom is 0.238 e. The van der Waals surface area contributed by atoms with E-state index in [1.54, 1.807) is 12.1 Å². The summed E-state index contributed by atoms with van der Waals surface area (Å²) < 4.78 is 22.2. The molecular weight excluding hydrogens is 282 g/mol. The fourth-order valence-electron chi connectivity index (χ4n) is 1.47. The van der Waals surface area contributed by atoms with Crippen LogP contribution in [0.25, 0.3) is 0 Å². The van der Waals surface area contributed by atoms with E-state index in [1.807, 2.05) is 0 Å². The molecule has 0 saturated heterocycles. The predicted molar refractivity (Wildman–Crippen MR) is 80.4 cm³/mol. The molecule has 5 nitrogen and oxygen atoms in total. The molecule has 1 aromatic carbocycles. The van der Waals surface area contributed by atoms with Crippen molar-refractivity contribution >= 4 is 27.4 Å². The number of rotatable bonds is 6. The van der Waals surface area contributed by atoms with Crippen molar-refractivity contribution in [2.75, 3.05) is 13.1 Å². The molecule has 0 unspecified atom stereocenters. The maximum absolute atomic E-state index is 11.1. The minimum atomic E-state index is -3.61. The quantitative estimate of drug-likeness (QED) is 0.675. The van der Waals surface area contributed by atoms with E-state index in [0.29, 0.717) is 11.7 Å². The van der Waals surface area contributed by atoms with Gasteiger partial charge in [-0.3, -0.25) is 0 Å². The van der Waals surface area contributed by atoms with Crippen LogP contribution >= 0.6 is 12.2 Å². The molecule has 0 heterocycles. The van der Waals surface area contributed by atoms with Crippen molar-refractivity contribution < 1.29 is 8.42 Å². The van der Waals surface area contributed by atoms with Gasteiger partial charge in [0.25, 0.3) is 0 Å². The molecule has 0 bridgehead atoms. The Morgan fingerprint density at radius 3 is 2.32 bits per heavy atom. The first-order chi connectivity index (χ1) is 8.93. The van der Waals surface area contributed by atoms with Crippen LogP contribution in [0.1, 0.15) is 18.9 Å². The lowest BCUT2D eigenvalue weighted by Gasteiger charge is -2.09. The van der Waals surface area contributed by atoms with Crippen molar-refractivity contribution in [2.45, 2.75) is 24.7 Å². The molecule has 1 rings (SSSR count). The van der Waals surface area contributed by atoms with Gasteiger partial charge in [0, 0.05) is 13.1 Å². The van der Waals surface area contributed by atoms with Crippen LogP contribution in [0.3, 0.4) is 0 Å². The summed E-state index contributed by atoms with van der Waals surface area (Å²) >= 11 is 5.09. The second-order valence-corrected chi connectivity index (χ2v) is 6.09. The van der Waals surface area contributed by atoms with Crippen molar-refractivity contribution in [2.24, 2.45) is 5.14 Å². The zero-order valence-electron chi connectivity index (χ0n) is 10.8. The summed E-state index contributed by atoms with van der Waals surface area (Å²) in [5.74, 6) is 0. The number of hydrogen-bond donors (Lipinski definition) is 3. The zero-order valence-corrected chi connectivity index (χ0v) is 12.5. The Morgan fingerprint density at radius 2 is 1.79 bits per heavy atom. The van der Waals surface area contributed by atoms with Crippen LogP contribution in [-0.2, 0) is 16.4 Å².